The van der Waals surface area contributed by atoms with Crippen molar-refractivity contribution in [2.24, 2.45) is 0 Å². The number of aryl methyl sites for hydroxylation is 1. The molecule has 2 aromatic carbocycles. The Bertz CT molecular complexity index is 1590. The average Bonchev–Trinajstić information content (AvgIpc) is 3.27. The molecule has 2 aromatic heterocycles. The Morgan fingerprint density at radius 1 is 0.951 bits per heavy atom. The van der Waals surface area contributed by atoms with Gasteiger partial charge in [-0.15, -0.1) is 0 Å². The molecule has 3 heterocycles. The summed E-state index contributed by atoms with van der Waals surface area (Å²) in [5, 5.41) is 0.525. The Balaban J connectivity index is 1.61. The summed E-state index contributed by atoms with van der Waals surface area (Å²) in [7, 11) is 1.53. The smallest absolute Gasteiger partial charge is 0.410 e. The van der Waals surface area contributed by atoms with Crippen molar-refractivity contribution in [1.82, 2.24) is 19.4 Å². The van der Waals surface area contributed by atoms with Gasteiger partial charge in [0.1, 0.15) is 34.1 Å². The van der Waals surface area contributed by atoms with Gasteiger partial charge in [-0.05, 0) is 57.5 Å². The number of carbonyl (C=O) groups excluding carboxylic acids is 2. The number of nitrogens with zero attached hydrogens (tertiary/aromatic N) is 4. The number of benzene rings is 2. The van der Waals surface area contributed by atoms with Gasteiger partial charge < -0.3 is 24.0 Å². The van der Waals surface area contributed by atoms with Gasteiger partial charge in [0.05, 0.1) is 19.0 Å². The number of carbonyl (C=O) groups is 2. The highest BCUT2D eigenvalue weighted by Gasteiger charge is 2.33. The molecular formula is C31H33FN4O5. The van der Waals surface area contributed by atoms with Crippen LogP contribution in [0, 0.1) is 12.7 Å². The van der Waals surface area contributed by atoms with Crippen LogP contribution >= 0.6 is 0 Å². The van der Waals surface area contributed by atoms with E-state index in [1.165, 1.54) is 19.2 Å². The SMILES string of the molecule is COc1cnc2c(c1)c(C(=O)N1CCN(C(=O)OC(C)(C)C)CC1)c(Oc1cc(F)ccc1C)n2-c1ccccc1. The number of methoxy groups -OCH3 is 1. The van der Waals surface area contributed by atoms with Crippen LogP contribution in [-0.4, -0.2) is 70.2 Å². The van der Waals surface area contributed by atoms with Crippen molar-refractivity contribution in [3.63, 3.8) is 0 Å². The first-order valence-electron chi connectivity index (χ1n) is 13.4. The van der Waals surface area contributed by atoms with Crippen LogP contribution in [-0.2, 0) is 4.74 Å². The van der Waals surface area contributed by atoms with E-state index in [4.69, 9.17) is 14.2 Å². The van der Waals surface area contributed by atoms with Crippen LogP contribution in [0.1, 0.15) is 36.7 Å². The number of pyridine rings is 1. The summed E-state index contributed by atoms with van der Waals surface area (Å²) in [6.45, 7) is 8.49. The second kappa shape index (κ2) is 11.1. The largest absolute Gasteiger partial charge is 0.495 e. The third-order valence-electron chi connectivity index (χ3n) is 6.78. The number of piperazine rings is 1. The summed E-state index contributed by atoms with van der Waals surface area (Å²) >= 11 is 0. The lowest BCUT2D eigenvalue weighted by atomic mass is 10.1. The minimum atomic E-state index is -0.614. The van der Waals surface area contributed by atoms with E-state index in [1.807, 2.05) is 58.0 Å². The number of hydrogen-bond acceptors (Lipinski definition) is 6. The maximum atomic E-state index is 14.3. The average molecular weight is 561 g/mol. The normalized spacial score (nSPS) is 13.8. The first kappa shape index (κ1) is 27.9. The third kappa shape index (κ3) is 5.82. The Hall–Kier alpha value is -4.60. The van der Waals surface area contributed by atoms with Crippen LogP contribution in [0.2, 0.25) is 0 Å². The zero-order chi connectivity index (χ0) is 29.3. The highest BCUT2D eigenvalue weighted by Crippen LogP contribution is 2.40. The number of fused-ring (bicyclic) bond motifs is 1. The number of para-hydroxylation sites is 1. The minimum Gasteiger partial charge on any atom is -0.495 e. The van der Waals surface area contributed by atoms with Gasteiger partial charge >= 0.3 is 6.09 Å². The van der Waals surface area contributed by atoms with Crippen LogP contribution in [0.5, 0.6) is 17.4 Å². The summed E-state index contributed by atoms with van der Waals surface area (Å²) in [4.78, 5) is 34.8. The molecule has 41 heavy (non-hydrogen) atoms. The zero-order valence-electron chi connectivity index (χ0n) is 23.8. The van der Waals surface area contributed by atoms with Crippen molar-refractivity contribution in [1.29, 1.82) is 0 Å². The maximum Gasteiger partial charge on any atom is 0.410 e. The molecule has 0 N–H and O–H groups in total. The summed E-state index contributed by atoms with van der Waals surface area (Å²) in [5.74, 6) is 0.201. The van der Waals surface area contributed by atoms with Gasteiger partial charge in [-0.3, -0.25) is 9.36 Å². The number of hydrogen-bond donors (Lipinski definition) is 0. The van der Waals surface area contributed by atoms with E-state index < -0.39 is 17.5 Å². The van der Waals surface area contributed by atoms with E-state index in [1.54, 1.807) is 32.7 Å². The molecule has 0 spiro atoms. The summed E-state index contributed by atoms with van der Waals surface area (Å²) in [6, 6.07) is 15.4. The molecule has 10 heteroatoms. The van der Waals surface area contributed by atoms with E-state index in [9.17, 15) is 14.0 Å². The Morgan fingerprint density at radius 3 is 2.29 bits per heavy atom. The lowest BCUT2D eigenvalue weighted by molar-refractivity contribution is 0.0140. The molecule has 0 unspecified atom stereocenters. The van der Waals surface area contributed by atoms with Crippen LogP contribution in [0.25, 0.3) is 16.7 Å². The number of halogens is 1. The molecule has 0 aliphatic carbocycles. The van der Waals surface area contributed by atoms with Crippen LogP contribution < -0.4 is 9.47 Å². The molecule has 4 aromatic rings. The molecule has 0 bridgehead atoms. The predicted molar refractivity (Wildman–Crippen MR) is 153 cm³/mol. The van der Waals surface area contributed by atoms with E-state index in [2.05, 4.69) is 4.98 Å². The van der Waals surface area contributed by atoms with Crippen molar-refractivity contribution >= 4 is 23.0 Å². The highest BCUT2D eigenvalue weighted by molar-refractivity contribution is 6.10. The van der Waals surface area contributed by atoms with Gasteiger partial charge in [-0.25, -0.2) is 14.2 Å². The molecule has 5 rings (SSSR count). The quantitative estimate of drug-likeness (QED) is 0.299. The Labute approximate surface area is 238 Å². The minimum absolute atomic E-state index is 0.209. The fourth-order valence-electron chi connectivity index (χ4n) is 4.72. The Morgan fingerprint density at radius 2 is 1.63 bits per heavy atom. The fourth-order valence-corrected chi connectivity index (χ4v) is 4.72. The van der Waals surface area contributed by atoms with Crippen LogP contribution in [0.3, 0.4) is 0 Å². The van der Waals surface area contributed by atoms with Gasteiger partial charge in [0.2, 0.25) is 5.88 Å². The zero-order valence-corrected chi connectivity index (χ0v) is 23.8. The lowest BCUT2D eigenvalue weighted by Gasteiger charge is -2.35. The maximum absolute atomic E-state index is 14.3. The topological polar surface area (TPSA) is 86.1 Å². The monoisotopic (exact) mass is 560 g/mol. The van der Waals surface area contributed by atoms with Gasteiger partial charge in [0, 0.05) is 37.6 Å². The van der Waals surface area contributed by atoms with Crippen molar-refractivity contribution in [2.75, 3.05) is 33.3 Å². The second-order valence-corrected chi connectivity index (χ2v) is 10.9. The standard InChI is InChI=1S/C31H33FN4O5/c1-20-11-12-21(32)17-25(20)40-29-26(28(37)34-13-15-35(16-14-34)30(38)41-31(2,3)4)24-18-23(39-5)19-33-27(24)36(29)22-9-7-6-8-10-22/h6-12,17-19H,13-16H2,1-5H3. The van der Waals surface area contributed by atoms with Crippen molar-refractivity contribution in [3.05, 3.63) is 77.7 Å². The molecule has 9 nitrogen and oxygen atoms in total. The molecule has 0 radical (unpaired) electrons. The molecule has 0 atom stereocenters. The van der Waals surface area contributed by atoms with Crippen LogP contribution in [0.15, 0.2) is 60.8 Å². The molecule has 1 fully saturated rings. The molecule has 2 amide bonds. The molecule has 1 aliphatic heterocycles. The summed E-state index contributed by atoms with van der Waals surface area (Å²) in [5.41, 5.74) is 1.55. The molecule has 1 saturated heterocycles. The fraction of sp³-hybridized carbons (Fsp3) is 0.323. The van der Waals surface area contributed by atoms with Gasteiger partial charge in [0.25, 0.3) is 5.91 Å². The molecule has 214 valence electrons. The van der Waals surface area contributed by atoms with Gasteiger partial charge in [-0.2, -0.15) is 0 Å². The van der Waals surface area contributed by atoms with Crippen molar-refractivity contribution in [3.8, 4) is 23.1 Å². The van der Waals surface area contributed by atoms with E-state index in [0.29, 0.717) is 54.2 Å². The van der Waals surface area contributed by atoms with E-state index >= 15 is 0 Å². The molecule has 1 aliphatic rings. The number of aromatic nitrogens is 2. The van der Waals surface area contributed by atoms with Gasteiger partial charge in [-0.1, -0.05) is 24.3 Å². The first-order valence-corrected chi connectivity index (χ1v) is 13.4. The number of ether oxygens (including phenoxy) is 3. The summed E-state index contributed by atoms with van der Waals surface area (Å²) < 4.78 is 33.4. The first-order chi connectivity index (χ1) is 19.6. The lowest BCUT2D eigenvalue weighted by Crippen LogP contribution is -2.51. The van der Waals surface area contributed by atoms with Crippen molar-refractivity contribution < 1.29 is 28.2 Å². The van der Waals surface area contributed by atoms with Gasteiger partial charge in [0.15, 0.2) is 0 Å². The summed E-state index contributed by atoms with van der Waals surface area (Å²) in [6.07, 6.45) is 1.16. The molecular weight excluding hydrogens is 527 g/mol. The van der Waals surface area contributed by atoms with Crippen LogP contribution in [0.4, 0.5) is 9.18 Å². The predicted octanol–water partition coefficient (Wildman–Crippen LogP) is 5.97. The Kier molecular flexibility index (Phi) is 7.57. The van der Waals surface area contributed by atoms with E-state index in [0.717, 1.165) is 0 Å². The number of amides is 2. The number of rotatable bonds is 5. The molecule has 0 saturated carbocycles. The second-order valence-electron chi connectivity index (χ2n) is 10.9. The highest BCUT2D eigenvalue weighted by atomic mass is 19.1. The van der Waals surface area contributed by atoms with Crippen molar-refractivity contribution in [2.45, 2.75) is 33.3 Å². The third-order valence-corrected chi connectivity index (χ3v) is 6.78. The van der Waals surface area contributed by atoms with E-state index in [-0.39, 0.29) is 23.1 Å².